The van der Waals surface area contributed by atoms with E-state index >= 15 is 0 Å². The van der Waals surface area contributed by atoms with E-state index in [0.29, 0.717) is 5.57 Å². The van der Waals surface area contributed by atoms with E-state index in [1.165, 1.54) is 37.0 Å². The number of amides is 1. The predicted molar refractivity (Wildman–Crippen MR) is 128 cm³/mol. The number of ketones is 1. The van der Waals surface area contributed by atoms with Crippen LogP contribution in [0.5, 0.6) is 5.75 Å². The van der Waals surface area contributed by atoms with E-state index in [1.54, 1.807) is 26.8 Å². The fraction of sp³-hybridized carbons (Fsp3) is 0.480. The van der Waals surface area contributed by atoms with E-state index in [-0.39, 0.29) is 29.8 Å². The number of anilines is 1. The minimum Gasteiger partial charge on any atom is -0.507 e. The third-order valence-corrected chi connectivity index (χ3v) is 5.97. The van der Waals surface area contributed by atoms with Gasteiger partial charge in [-0.2, -0.15) is 0 Å². The van der Waals surface area contributed by atoms with Gasteiger partial charge in [0.2, 0.25) is 13.6 Å². The number of aromatic hydroxyl groups is 1. The minimum absolute atomic E-state index is 0.129. The first-order valence-corrected chi connectivity index (χ1v) is 11.4. The molecule has 1 saturated heterocycles. The van der Waals surface area contributed by atoms with Crippen LogP contribution >= 0.6 is 0 Å². The summed E-state index contributed by atoms with van der Waals surface area (Å²) in [6.45, 7) is 8.28. The van der Waals surface area contributed by atoms with Gasteiger partial charge in [-0.25, -0.2) is 9.18 Å². The summed E-state index contributed by atoms with van der Waals surface area (Å²) in [4.78, 5) is 38.9. The first-order valence-electron chi connectivity index (χ1n) is 11.4. The molecule has 1 aromatic carbocycles. The largest absolute Gasteiger partial charge is 0.507 e. The van der Waals surface area contributed by atoms with Gasteiger partial charge in [0.25, 0.3) is 0 Å². The Labute approximate surface area is 205 Å². The van der Waals surface area contributed by atoms with Gasteiger partial charge in [0.15, 0.2) is 17.8 Å². The number of carbonyl (C=O) groups excluding carboxylic acids is 3. The number of phenolic OH excluding ortho intramolecular Hbond substituents is 1. The average Bonchev–Trinajstić information content (AvgIpc) is 3.06. The molecule has 2 aliphatic rings. The maximum absolute atomic E-state index is 14.9. The van der Waals surface area contributed by atoms with Crippen LogP contribution in [0.15, 0.2) is 29.9 Å². The Hall–Kier alpha value is -2.98. The van der Waals surface area contributed by atoms with Crippen molar-refractivity contribution >= 4 is 37.2 Å². The van der Waals surface area contributed by atoms with Crippen molar-refractivity contribution in [2.75, 3.05) is 11.4 Å². The van der Waals surface area contributed by atoms with Crippen LogP contribution in [0.1, 0.15) is 57.0 Å². The summed E-state index contributed by atoms with van der Waals surface area (Å²) in [6, 6.07) is 2.78. The number of halogens is 1. The molecule has 4 atom stereocenters. The van der Waals surface area contributed by atoms with Crippen LogP contribution < -0.4 is 4.90 Å². The van der Waals surface area contributed by atoms with Crippen molar-refractivity contribution in [3.05, 3.63) is 41.0 Å². The average molecular weight is 485 g/mol. The zero-order valence-corrected chi connectivity index (χ0v) is 20.4. The Kier molecular flexibility index (Phi) is 7.86. The van der Waals surface area contributed by atoms with Gasteiger partial charge < -0.3 is 24.2 Å². The molecular weight excluding hydrogens is 456 g/mol. The highest BCUT2D eigenvalue weighted by atomic mass is 19.1. The van der Waals surface area contributed by atoms with Crippen molar-refractivity contribution in [1.29, 1.82) is 0 Å². The fourth-order valence-electron chi connectivity index (χ4n) is 4.10. The molecule has 1 amide bonds. The zero-order valence-electron chi connectivity index (χ0n) is 20.4. The first kappa shape index (κ1) is 26.6. The van der Waals surface area contributed by atoms with Gasteiger partial charge in [-0.3, -0.25) is 9.59 Å². The van der Waals surface area contributed by atoms with Crippen molar-refractivity contribution in [2.24, 2.45) is 0 Å². The lowest BCUT2D eigenvalue weighted by Gasteiger charge is -2.23. The van der Waals surface area contributed by atoms with Crippen molar-refractivity contribution in [3.8, 4) is 5.75 Å². The van der Waals surface area contributed by atoms with Crippen LogP contribution in [-0.2, 0) is 19.0 Å². The topological polar surface area (TPSA) is 102 Å². The number of cyclic esters (lactones) is 1. The summed E-state index contributed by atoms with van der Waals surface area (Å²) >= 11 is 0. The second-order valence-electron chi connectivity index (χ2n) is 9.01. The summed E-state index contributed by atoms with van der Waals surface area (Å²) in [5.41, 5.74) is 0.731. The number of allylic oxidation sites excluding steroid dienone is 1. The normalized spacial score (nSPS) is 26.7. The SMILES string of the molecule is [B]C(=O)N(CC)c1cc(O)c2c(c1)C=CC[C@@H]1OC(C)(C)O[C@@H]1C(=O)C(F)C=C(C)[C@H](C)OC2=O. The molecule has 0 aliphatic carbocycles. The second kappa shape index (κ2) is 10.3. The Bertz CT molecular complexity index is 1080. The van der Waals surface area contributed by atoms with Crippen LogP contribution in [0, 0.1) is 0 Å². The summed E-state index contributed by atoms with van der Waals surface area (Å²) in [5.74, 6) is -3.87. The second-order valence-corrected chi connectivity index (χ2v) is 9.01. The van der Waals surface area contributed by atoms with Gasteiger partial charge in [0.1, 0.15) is 23.5 Å². The Morgan fingerprint density at radius 1 is 1.29 bits per heavy atom. The predicted octanol–water partition coefficient (Wildman–Crippen LogP) is 3.84. The molecular formula is C25H29BFNO7. The number of phenols is 1. The number of alkyl halides is 1. The lowest BCUT2D eigenvalue weighted by Crippen LogP contribution is -2.37. The molecule has 2 aliphatic heterocycles. The highest BCUT2D eigenvalue weighted by Crippen LogP contribution is 2.34. The lowest BCUT2D eigenvalue weighted by atomic mass is 9.98. The molecule has 35 heavy (non-hydrogen) atoms. The quantitative estimate of drug-likeness (QED) is 0.386. The molecule has 1 aromatic rings. The third-order valence-electron chi connectivity index (χ3n) is 5.97. The molecule has 2 heterocycles. The van der Waals surface area contributed by atoms with E-state index in [9.17, 15) is 23.9 Å². The zero-order chi connectivity index (χ0) is 26.1. The van der Waals surface area contributed by atoms with E-state index in [0.717, 1.165) is 6.08 Å². The van der Waals surface area contributed by atoms with E-state index < -0.39 is 53.6 Å². The van der Waals surface area contributed by atoms with Crippen LogP contribution in [0.25, 0.3) is 6.08 Å². The number of esters is 1. The summed E-state index contributed by atoms with van der Waals surface area (Å²) in [5, 5.41) is 10.7. The molecule has 0 saturated carbocycles. The monoisotopic (exact) mass is 485 g/mol. The number of carbonyl (C=O) groups is 3. The number of fused-ring (bicyclic) bond motifs is 2. The van der Waals surface area contributed by atoms with Gasteiger partial charge in [-0.15, -0.1) is 0 Å². The fourth-order valence-corrected chi connectivity index (χ4v) is 4.10. The number of benzene rings is 1. The standard InChI is InChI=1S/C25H29BFNO7/c1-6-28(24(26)32)16-11-15-8-7-9-19-22(35-25(4,5)34-19)21(30)17(27)10-13(2)14(3)33-23(31)20(15)18(29)12-16/h7-8,10-12,14,17,19,22,29H,6,9H2,1-5H3/t14-,17?,19-,22-/m0/s1. The summed E-state index contributed by atoms with van der Waals surface area (Å²) in [7, 11) is 5.44. The molecule has 3 rings (SSSR count). The molecule has 2 radical (unpaired) electrons. The maximum Gasteiger partial charge on any atom is 0.343 e. The summed E-state index contributed by atoms with van der Waals surface area (Å²) in [6.07, 6.45) is -0.387. The Morgan fingerprint density at radius 3 is 2.60 bits per heavy atom. The number of hydrogen-bond donors (Lipinski definition) is 1. The van der Waals surface area contributed by atoms with Crippen LogP contribution in [0.2, 0.25) is 0 Å². The molecule has 1 unspecified atom stereocenters. The maximum atomic E-state index is 14.9. The van der Waals surface area contributed by atoms with Gasteiger partial charge >= 0.3 is 5.97 Å². The molecule has 186 valence electrons. The molecule has 1 fully saturated rings. The van der Waals surface area contributed by atoms with Gasteiger partial charge in [0.05, 0.1) is 6.10 Å². The third kappa shape index (κ3) is 5.82. The van der Waals surface area contributed by atoms with Crippen molar-refractivity contribution in [3.63, 3.8) is 0 Å². The van der Waals surface area contributed by atoms with Crippen molar-refractivity contribution in [1.82, 2.24) is 0 Å². The van der Waals surface area contributed by atoms with E-state index in [1.807, 2.05) is 0 Å². The molecule has 0 bridgehead atoms. The van der Waals surface area contributed by atoms with E-state index in [4.69, 9.17) is 22.1 Å². The van der Waals surface area contributed by atoms with Gasteiger partial charge in [-0.05, 0) is 64.3 Å². The van der Waals surface area contributed by atoms with Crippen molar-refractivity contribution in [2.45, 2.75) is 71.3 Å². The minimum atomic E-state index is -1.98. The van der Waals surface area contributed by atoms with Crippen LogP contribution in [-0.4, -0.2) is 67.3 Å². The Morgan fingerprint density at radius 2 is 1.97 bits per heavy atom. The molecule has 10 heteroatoms. The van der Waals surface area contributed by atoms with Crippen molar-refractivity contribution < 1.29 is 38.1 Å². The van der Waals surface area contributed by atoms with Gasteiger partial charge in [0, 0.05) is 18.3 Å². The number of hydrogen-bond acceptors (Lipinski definition) is 7. The van der Waals surface area contributed by atoms with Crippen LogP contribution in [0.4, 0.5) is 14.9 Å². The Balaban J connectivity index is 2.12. The number of Topliss-reactive ketones (excluding diaryl/α,β-unsaturated/α-hetero) is 1. The first-order chi connectivity index (χ1) is 16.3. The molecule has 8 nitrogen and oxygen atoms in total. The van der Waals surface area contributed by atoms with E-state index in [2.05, 4.69) is 0 Å². The number of ether oxygens (including phenoxy) is 3. The summed E-state index contributed by atoms with van der Waals surface area (Å²) < 4.78 is 31.9. The highest BCUT2D eigenvalue weighted by molar-refractivity contribution is 6.60. The highest BCUT2D eigenvalue weighted by Gasteiger charge is 2.46. The smallest absolute Gasteiger partial charge is 0.343 e. The van der Waals surface area contributed by atoms with Crippen LogP contribution in [0.3, 0.4) is 0 Å². The molecule has 0 aromatic heterocycles. The lowest BCUT2D eigenvalue weighted by molar-refractivity contribution is -0.156. The molecule has 1 N–H and O–H groups in total. The molecule has 0 spiro atoms. The van der Waals surface area contributed by atoms with Gasteiger partial charge in [-0.1, -0.05) is 12.2 Å². The number of rotatable bonds is 2. The number of nitrogens with zero attached hydrogens (tertiary/aromatic N) is 1.